The van der Waals surface area contributed by atoms with E-state index in [-0.39, 0.29) is 0 Å². The molecule has 1 aromatic rings. The summed E-state index contributed by atoms with van der Waals surface area (Å²) in [7, 11) is 0. The maximum Gasteiger partial charge on any atom is 0.193 e. The van der Waals surface area contributed by atoms with Gasteiger partial charge in [-0.2, -0.15) is 0 Å². The van der Waals surface area contributed by atoms with Crippen LogP contribution < -0.4 is 9.64 Å². The Kier molecular flexibility index (Phi) is 2.43. The van der Waals surface area contributed by atoms with Crippen molar-refractivity contribution in [3.8, 4) is 5.75 Å². The number of hydrogen-bond donors (Lipinski definition) is 1. The first-order valence-electron chi connectivity index (χ1n) is 5.34. The highest BCUT2D eigenvalue weighted by atomic mass is 16.5. The summed E-state index contributed by atoms with van der Waals surface area (Å²) in [5, 5.41) is 9.85. The summed E-state index contributed by atoms with van der Waals surface area (Å²) >= 11 is 0. The first-order valence-corrected chi connectivity index (χ1v) is 5.34. The first-order chi connectivity index (χ1) is 7.37. The van der Waals surface area contributed by atoms with Crippen LogP contribution in [-0.2, 0) is 0 Å². The highest BCUT2D eigenvalue weighted by Crippen LogP contribution is 2.39. The Morgan fingerprint density at radius 3 is 2.75 bits per heavy atom. The molecule has 1 aliphatic rings. The van der Waals surface area contributed by atoms with Gasteiger partial charge in [-0.1, -0.05) is 6.07 Å². The van der Waals surface area contributed by atoms with E-state index in [4.69, 9.17) is 4.74 Å². The number of aliphatic hydroxyl groups is 1. The van der Waals surface area contributed by atoms with Crippen LogP contribution >= 0.6 is 0 Å². The van der Waals surface area contributed by atoms with Gasteiger partial charge in [-0.05, 0) is 45.0 Å². The second-order valence-corrected chi connectivity index (χ2v) is 4.87. The molecule has 0 saturated heterocycles. The van der Waals surface area contributed by atoms with Crippen molar-refractivity contribution in [3.05, 3.63) is 36.2 Å². The first kappa shape index (κ1) is 11.0. The lowest BCUT2D eigenvalue weighted by Gasteiger charge is -2.26. The maximum absolute atomic E-state index is 9.85. The lowest BCUT2D eigenvalue weighted by Crippen LogP contribution is -2.37. The molecule has 0 bridgehead atoms. The van der Waals surface area contributed by atoms with E-state index in [1.807, 2.05) is 30.0 Å². The van der Waals surface area contributed by atoms with Gasteiger partial charge in [-0.15, -0.1) is 0 Å². The monoisotopic (exact) mass is 219 g/mol. The minimum absolute atomic E-state index is 0.474. The Bertz CT molecular complexity index is 432. The summed E-state index contributed by atoms with van der Waals surface area (Å²) < 4.78 is 5.54. The zero-order valence-electron chi connectivity index (χ0n) is 9.95. The lowest BCUT2D eigenvalue weighted by atomic mass is 10.1. The van der Waals surface area contributed by atoms with Crippen molar-refractivity contribution in [2.75, 3.05) is 11.4 Å². The Balaban J connectivity index is 2.35. The zero-order chi connectivity index (χ0) is 11.9. The van der Waals surface area contributed by atoms with Gasteiger partial charge in [0.25, 0.3) is 0 Å². The van der Waals surface area contributed by atoms with Gasteiger partial charge in [0.1, 0.15) is 0 Å². The number of rotatable bonds is 2. The Morgan fingerprint density at radius 1 is 1.44 bits per heavy atom. The molecule has 1 N–H and O–H groups in total. The molecule has 1 heterocycles. The highest BCUT2D eigenvalue weighted by Gasteiger charge is 2.29. The quantitative estimate of drug-likeness (QED) is 0.829. The molecule has 16 heavy (non-hydrogen) atoms. The average Bonchev–Trinajstić information content (AvgIpc) is 2.42. The van der Waals surface area contributed by atoms with E-state index in [0.717, 1.165) is 17.0 Å². The van der Waals surface area contributed by atoms with E-state index < -0.39 is 5.60 Å². The number of aryl methyl sites for hydroxylation is 1. The molecule has 0 fully saturated rings. The van der Waals surface area contributed by atoms with E-state index in [2.05, 4.69) is 6.58 Å². The molecule has 3 heteroatoms. The fraction of sp³-hybridized carbons (Fsp3) is 0.385. The summed E-state index contributed by atoms with van der Waals surface area (Å²) in [6, 6.07) is 5.97. The predicted molar refractivity (Wildman–Crippen MR) is 64.6 cm³/mol. The fourth-order valence-corrected chi connectivity index (χ4v) is 1.80. The molecule has 0 atom stereocenters. The van der Waals surface area contributed by atoms with Crippen LogP contribution in [0.25, 0.3) is 0 Å². The van der Waals surface area contributed by atoms with Gasteiger partial charge in [0.2, 0.25) is 0 Å². The van der Waals surface area contributed by atoms with Crippen LogP contribution in [0.3, 0.4) is 0 Å². The minimum atomic E-state index is -0.780. The molecular weight excluding hydrogens is 202 g/mol. The van der Waals surface area contributed by atoms with Gasteiger partial charge in [0.15, 0.2) is 11.6 Å². The van der Waals surface area contributed by atoms with E-state index in [9.17, 15) is 5.11 Å². The van der Waals surface area contributed by atoms with E-state index in [1.165, 1.54) is 0 Å². The van der Waals surface area contributed by atoms with Gasteiger partial charge < -0.3 is 14.7 Å². The van der Waals surface area contributed by atoms with Crippen molar-refractivity contribution in [2.24, 2.45) is 0 Å². The Morgan fingerprint density at radius 2 is 2.12 bits per heavy atom. The maximum atomic E-state index is 9.85. The van der Waals surface area contributed by atoms with Crippen LogP contribution in [0, 0.1) is 6.92 Å². The number of nitrogens with zero attached hydrogens (tertiary/aromatic N) is 1. The number of benzene rings is 1. The highest BCUT2D eigenvalue weighted by molar-refractivity contribution is 5.67. The van der Waals surface area contributed by atoms with Gasteiger partial charge >= 0.3 is 0 Å². The second-order valence-electron chi connectivity index (χ2n) is 4.87. The van der Waals surface area contributed by atoms with Crippen molar-refractivity contribution in [2.45, 2.75) is 26.4 Å². The van der Waals surface area contributed by atoms with Crippen molar-refractivity contribution in [1.29, 1.82) is 0 Å². The van der Waals surface area contributed by atoms with Crippen molar-refractivity contribution < 1.29 is 9.84 Å². The average molecular weight is 219 g/mol. The van der Waals surface area contributed by atoms with Gasteiger partial charge in [-0.3, -0.25) is 0 Å². The topological polar surface area (TPSA) is 32.7 Å². The van der Waals surface area contributed by atoms with Gasteiger partial charge in [0, 0.05) is 0 Å². The van der Waals surface area contributed by atoms with Crippen LogP contribution in [0.15, 0.2) is 30.7 Å². The molecule has 0 unspecified atom stereocenters. The van der Waals surface area contributed by atoms with Crippen LogP contribution in [-0.4, -0.2) is 17.3 Å². The molecule has 0 spiro atoms. The molecule has 0 aliphatic carbocycles. The molecule has 0 aromatic heterocycles. The number of hydrogen-bond acceptors (Lipinski definition) is 3. The predicted octanol–water partition coefficient (Wildman–Crippen LogP) is 2.44. The number of anilines is 1. The van der Waals surface area contributed by atoms with Gasteiger partial charge in [-0.25, -0.2) is 0 Å². The molecule has 2 rings (SSSR count). The smallest absolute Gasteiger partial charge is 0.193 e. The fourth-order valence-electron chi connectivity index (χ4n) is 1.80. The Labute approximate surface area is 96.0 Å². The Hall–Kier alpha value is -1.48. The SMILES string of the molecule is C=C1Oc2ccc(C)cc2N1CC(C)(C)O. The molecular formula is C13H17NO2. The molecule has 3 nitrogen and oxygen atoms in total. The number of ether oxygens (including phenoxy) is 1. The third-order valence-corrected chi connectivity index (χ3v) is 2.48. The van der Waals surface area contributed by atoms with Crippen molar-refractivity contribution in [3.63, 3.8) is 0 Å². The summed E-state index contributed by atoms with van der Waals surface area (Å²) in [4.78, 5) is 1.91. The third-order valence-electron chi connectivity index (χ3n) is 2.48. The van der Waals surface area contributed by atoms with Gasteiger partial charge in [0.05, 0.1) is 17.8 Å². The van der Waals surface area contributed by atoms with Crippen LogP contribution in [0.2, 0.25) is 0 Å². The standard InChI is InChI=1S/C13H17NO2/c1-9-5-6-12-11(7-9)14(10(2)16-12)8-13(3,4)15/h5-7,15H,2,8H2,1,3-4H3. The molecule has 0 saturated carbocycles. The van der Waals surface area contributed by atoms with Crippen LogP contribution in [0.1, 0.15) is 19.4 Å². The normalized spacial score (nSPS) is 15.0. The minimum Gasteiger partial charge on any atom is -0.439 e. The van der Waals surface area contributed by atoms with E-state index in [0.29, 0.717) is 12.4 Å². The van der Waals surface area contributed by atoms with E-state index >= 15 is 0 Å². The second kappa shape index (κ2) is 3.52. The summed E-state index contributed by atoms with van der Waals surface area (Å²) in [5.74, 6) is 1.38. The molecule has 1 aliphatic heterocycles. The van der Waals surface area contributed by atoms with E-state index in [1.54, 1.807) is 13.8 Å². The molecule has 86 valence electrons. The van der Waals surface area contributed by atoms with Crippen LogP contribution in [0.5, 0.6) is 5.75 Å². The third kappa shape index (κ3) is 2.04. The summed E-state index contributed by atoms with van der Waals surface area (Å²) in [6.07, 6.45) is 0. The van der Waals surface area contributed by atoms with Crippen LogP contribution in [0.4, 0.5) is 5.69 Å². The molecule has 0 radical (unpaired) electrons. The number of fused-ring (bicyclic) bond motifs is 1. The summed E-state index contributed by atoms with van der Waals surface area (Å²) in [5.41, 5.74) is 1.36. The lowest BCUT2D eigenvalue weighted by molar-refractivity contribution is 0.0879. The molecule has 0 amide bonds. The number of β-amino-alcohol motifs (C(OH)–C–C–N with tert-alkyl or cyclic N) is 1. The largest absolute Gasteiger partial charge is 0.439 e. The van der Waals surface area contributed by atoms with Crippen molar-refractivity contribution >= 4 is 5.69 Å². The summed E-state index contributed by atoms with van der Waals surface area (Å²) in [6.45, 7) is 9.91. The van der Waals surface area contributed by atoms with Crippen molar-refractivity contribution in [1.82, 2.24) is 0 Å². The molecule has 1 aromatic carbocycles. The zero-order valence-corrected chi connectivity index (χ0v) is 9.95.